The summed E-state index contributed by atoms with van der Waals surface area (Å²) in [7, 11) is 0. The minimum absolute atomic E-state index is 0.0596. The van der Waals surface area contributed by atoms with Crippen LogP contribution in [-0.4, -0.2) is 12.6 Å². The van der Waals surface area contributed by atoms with E-state index in [1.165, 1.54) is 6.08 Å². The molecule has 0 saturated heterocycles. The molecule has 1 aromatic rings. The molecule has 16 heavy (non-hydrogen) atoms. The van der Waals surface area contributed by atoms with Gasteiger partial charge in [0.2, 0.25) is 0 Å². The van der Waals surface area contributed by atoms with Crippen LogP contribution in [0, 0.1) is 25.2 Å². The van der Waals surface area contributed by atoms with Crippen molar-refractivity contribution < 1.29 is 13.9 Å². The predicted octanol–water partition coefficient (Wildman–Crippen LogP) is 2.37. The summed E-state index contributed by atoms with van der Waals surface area (Å²) in [5, 5.41) is 8.80. The first-order valence-corrected chi connectivity index (χ1v) is 4.94. The molecule has 0 saturated carbocycles. The molecule has 0 N–H and O–H groups in total. The van der Waals surface area contributed by atoms with Gasteiger partial charge in [0.1, 0.15) is 23.2 Å². The molecule has 0 atom stereocenters. The summed E-state index contributed by atoms with van der Waals surface area (Å²) in [5.74, 6) is 0.628. The molecule has 0 fully saturated rings. The fraction of sp³-hybridized carbons (Fsp3) is 0.333. The van der Waals surface area contributed by atoms with Crippen LogP contribution in [0.15, 0.2) is 16.1 Å². The van der Waals surface area contributed by atoms with E-state index in [1.54, 1.807) is 19.1 Å². The summed E-state index contributed by atoms with van der Waals surface area (Å²) in [6, 6.07) is 3.56. The van der Waals surface area contributed by atoms with Gasteiger partial charge in [0.05, 0.1) is 6.61 Å². The Hall–Kier alpha value is -2.02. The van der Waals surface area contributed by atoms with Gasteiger partial charge in [-0.15, -0.1) is 0 Å². The second kappa shape index (κ2) is 5.17. The molecule has 84 valence electrons. The van der Waals surface area contributed by atoms with E-state index in [0.717, 1.165) is 11.3 Å². The Morgan fingerprint density at radius 3 is 2.75 bits per heavy atom. The second-order valence-corrected chi connectivity index (χ2v) is 3.28. The number of aryl methyl sites for hydroxylation is 2. The highest BCUT2D eigenvalue weighted by atomic mass is 16.5. The van der Waals surface area contributed by atoms with Crippen molar-refractivity contribution in [2.45, 2.75) is 20.8 Å². The quantitative estimate of drug-likeness (QED) is 0.444. The van der Waals surface area contributed by atoms with E-state index in [4.69, 9.17) is 14.4 Å². The molecule has 4 heteroatoms. The average Bonchev–Trinajstić information content (AvgIpc) is 2.55. The third-order valence-corrected chi connectivity index (χ3v) is 2.09. The minimum atomic E-state index is -0.628. The van der Waals surface area contributed by atoms with E-state index >= 15 is 0 Å². The van der Waals surface area contributed by atoms with Gasteiger partial charge >= 0.3 is 5.97 Å². The Balaban J connectivity index is 2.97. The van der Waals surface area contributed by atoms with Crippen molar-refractivity contribution in [3.63, 3.8) is 0 Å². The monoisotopic (exact) mass is 219 g/mol. The van der Waals surface area contributed by atoms with Gasteiger partial charge in [-0.25, -0.2) is 4.79 Å². The third kappa shape index (κ3) is 2.74. The van der Waals surface area contributed by atoms with Gasteiger partial charge < -0.3 is 9.15 Å². The van der Waals surface area contributed by atoms with Crippen LogP contribution in [-0.2, 0) is 9.53 Å². The van der Waals surface area contributed by atoms with Crippen molar-refractivity contribution in [2.24, 2.45) is 0 Å². The summed E-state index contributed by atoms with van der Waals surface area (Å²) < 4.78 is 10.1. The molecule has 0 radical (unpaired) electrons. The number of ether oxygens (including phenoxy) is 1. The molecule has 0 aromatic carbocycles. The van der Waals surface area contributed by atoms with Crippen LogP contribution in [0.5, 0.6) is 0 Å². The maximum Gasteiger partial charge on any atom is 0.349 e. The Morgan fingerprint density at radius 2 is 2.31 bits per heavy atom. The van der Waals surface area contributed by atoms with Gasteiger partial charge in [-0.1, -0.05) is 0 Å². The zero-order valence-electron chi connectivity index (χ0n) is 9.53. The molecule has 1 rings (SSSR count). The van der Waals surface area contributed by atoms with E-state index in [9.17, 15) is 4.79 Å². The van der Waals surface area contributed by atoms with E-state index in [-0.39, 0.29) is 12.2 Å². The molecule has 0 aliphatic carbocycles. The Morgan fingerprint density at radius 1 is 1.62 bits per heavy atom. The fourth-order valence-electron chi connectivity index (χ4n) is 1.16. The van der Waals surface area contributed by atoms with Crippen LogP contribution in [0.4, 0.5) is 0 Å². The van der Waals surface area contributed by atoms with E-state index in [0.29, 0.717) is 5.76 Å². The lowest BCUT2D eigenvalue weighted by Gasteiger charge is -1.97. The maximum absolute atomic E-state index is 11.3. The highest BCUT2D eigenvalue weighted by Crippen LogP contribution is 2.16. The topological polar surface area (TPSA) is 63.2 Å². The lowest BCUT2D eigenvalue weighted by molar-refractivity contribution is -0.137. The molecular formula is C12H13NO3. The lowest BCUT2D eigenvalue weighted by Crippen LogP contribution is -2.05. The smallest absolute Gasteiger partial charge is 0.349 e. The van der Waals surface area contributed by atoms with Crippen molar-refractivity contribution in [3.05, 3.63) is 28.7 Å². The summed E-state index contributed by atoms with van der Waals surface area (Å²) >= 11 is 0. The standard InChI is InChI=1S/C12H13NO3/c1-4-15-12(14)10(7-13)6-11-5-8(2)9(3)16-11/h5-6H,4H2,1-3H3/b10-6-. The average molecular weight is 219 g/mol. The number of hydrogen-bond acceptors (Lipinski definition) is 4. The van der Waals surface area contributed by atoms with Crippen LogP contribution in [0.25, 0.3) is 6.08 Å². The number of nitrogens with zero attached hydrogens (tertiary/aromatic N) is 1. The van der Waals surface area contributed by atoms with Crippen molar-refractivity contribution in [3.8, 4) is 6.07 Å². The number of hydrogen-bond donors (Lipinski definition) is 0. The molecule has 0 spiro atoms. The number of esters is 1. The van der Waals surface area contributed by atoms with Gasteiger partial charge in [0.15, 0.2) is 0 Å². The molecule has 4 nitrogen and oxygen atoms in total. The zero-order chi connectivity index (χ0) is 12.1. The molecule has 0 aliphatic heterocycles. The highest BCUT2D eigenvalue weighted by Gasteiger charge is 2.11. The van der Waals surface area contributed by atoms with Crippen molar-refractivity contribution >= 4 is 12.0 Å². The summed E-state index contributed by atoms with van der Waals surface area (Å²) in [6.45, 7) is 5.65. The van der Waals surface area contributed by atoms with Crippen LogP contribution >= 0.6 is 0 Å². The zero-order valence-corrected chi connectivity index (χ0v) is 9.53. The first kappa shape index (κ1) is 12.1. The van der Waals surface area contributed by atoms with Gasteiger partial charge in [0, 0.05) is 6.08 Å². The van der Waals surface area contributed by atoms with Crippen LogP contribution in [0.1, 0.15) is 24.0 Å². The largest absolute Gasteiger partial charge is 0.462 e. The van der Waals surface area contributed by atoms with E-state index in [2.05, 4.69) is 0 Å². The molecule has 0 aliphatic rings. The first-order valence-electron chi connectivity index (χ1n) is 4.94. The Kier molecular flexibility index (Phi) is 3.90. The third-order valence-electron chi connectivity index (χ3n) is 2.09. The number of carbonyl (C=O) groups is 1. The summed E-state index contributed by atoms with van der Waals surface area (Å²) in [5.41, 5.74) is 0.919. The Labute approximate surface area is 94.1 Å². The lowest BCUT2D eigenvalue weighted by atomic mass is 10.2. The second-order valence-electron chi connectivity index (χ2n) is 3.28. The van der Waals surface area contributed by atoms with Crippen molar-refractivity contribution in [2.75, 3.05) is 6.61 Å². The van der Waals surface area contributed by atoms with E-state index < -0.39 is 5.97 Å². The maximum atomic E-state index is 11.3. The SMILES string of the molecule is CCOC(=O)/C(C#N)=C\c1cc(C)c(C)o1. The predicted molar refractivity (Wildman–Crippen MR) is 58.4 cm³/mol. The number of carbonyl (C=O) groups excluding carboxylic acids is 1. The van der Waals surface area contributed by atoms with Crippen LogP contribution in [0.2, 0.25) is 0 Å². The number of nitriles is 1. The molecule has 1 aromatic heterocycles. The molecule has 0 amide bonds. The summed E-state index contributed by atoms with van der Waals surface area (Å²) in [4.78, 5) is 11.3. The van der Waals surface area contributed by atoms with Gasteiger partial charge in [-0.2, -0.15) is 5.26 Å². The minimum Gasteiger partial charge on any atom is -0.462 e. The van der Waals surface area contributed by atoms with Gasteiger partial charge in [-0.05, 0) is 32.4 Å². The molecular weight excluding hydrogens is 206 g/mol. The normalized spacial score (nSPS) is 11.0. The van der Waals surface area contributed by atoms with Crippen LogP contribution < -0.4 is 0 Å². The molecule has 0 bridgehead atoms. The van der Waals surface area contributed by atoms with Gasteiger partial charge in [-0.3, -0.25) is 0 Å². The van der Waals surface area contributed by atoms with Crippen molar-refractivity contribution in [1.29, 1.82) is 5.26 Å². The molecule has 0 unspecified atom stereocenters. The van der Waals surface area contributed by atoms with Crippen LogP contribution in [0.3, 0.4) is 0 Å². The fourth-order valence-corrected chi connectivity index (χ4v) is 1.16. The summed E-state index contributed by atoms with van der Waals surface area (Å²) in [6.07, 6.45) is 1.39. The Bertz CT molecular complexity index is 444. The number of rotatable bonds is 3. The van der Waals surface area contributed by atoms with Crippen molar-refractivity contribution in [1.82, 2.24) is 0 Å². The number of furan rings is 1. The van der Waals surface area contributed by atoms with Gasteiger partial charge in [0.25, 0.3) is 0 Å². The molecule has 1 heterocycles. The first-order chi connectivity index (χ1) is 7.58. The highest BCUT2D eigenvalue weighted by molar-refractivity contribution is 5.97. The van der Waals surface area contributed by atoms with E-state index in [1.807, 2.05) is 13.8 Å².